The molecule has 1 N–H and O–H groups in total. The van der Waals surface area contributed by atoms with E-state index in [1.54, 1.807) is 6.92 Å². The van der Waals surface area contributed by atoms with Crippen LogP contribution in [0.3, 0.4) is 0 Å². The van der Waals surface area contributed by atoms with E-state index in [1.165, 1.54) is 5.56 Å². The van der Waals surface area contributed by atoms with Crippen molar-refractivity contribution in [1.29, 1.82) is 0 Å². The number of nitrogens with zero attached hydrogens (tertiary/aromatic N) is 1. The SMILES string of the molecule is CC(=O)N(C)CC1(c2ccccc2)CCNCC1. The summed E-state index contributed by atoms with van der Waals surface area (Å²) < 4.78 is 0. The average Bonchev–Trinajstić information content (AvgIpc) is 2.40. The van der Waals surface area contributed by atoms with Crippen molar-refractivity contribution in [3.8, 4) is 0 Å². The molecule has 0 spiro atoms. The second-order valence-electron chi connectivity index (χ2n) is 5.27. The molecule has 0 atom stereocenters. The molecule has 98 valence electrons. The number of carbonyl (C=O) groups is 1. The van der Waals surface area contributed by atoms with E-state index in [4.69, 9.17) is 0 Å². The second kappa shape index (κ2) is 5.53. The van der Waals surface area contributed by atoms with Crippen molar-refractivity contribution < 1.29 is 4.79 Å². The molecule has 1 heterocycles. The predicted molar refractivity (Wildman–Crippen MR) is 73.5 cm³/mol. The van der Waals surface area contributed by atoms with Crippen molar-refractivity contribution >= 4 is 5.91 Å². The molecule has 3 heteroatoms. The largest absolute Gasteiger partial charge is 0.345 e. The summed E-state index contributed by atoms with van der Waals surface area (Å²) in [5, 5.41) is 3.41. The lowest BCUT2D eigenvalue weighted by molar-refractivity contribution is -0.128. The summed E-state index contributed by atoms with van der Waals surface area (Å²) in [7, 11) is 1.90. The standard InChI is InChI=1S/C15H22N2O/c1-13(18)17(2)12-15(8-10-16-11-9-15)14-6-4-3-5-7-14/h3-7,16H,8-12H2,1-2H3. The van der Waals surface area contributed by atoms with E-state index in [0.29, 0.717) is 0 Å². The molecular formula is C15H22N2O. The molecule has 0 saturated carbocycles. The first kappa shape index (κ1) is 13.1. The van der Waals surface area contributed by atoms with Crippen LogP contribution in [0.25, 0.3) is 0 Å². The van der Waals surface area contributed by atoms with E-state index >= 15 is 0 Å². The molecule has 1 aromatic rings. The number of hydrogen-bond donors (Lipinski definition) is 1. The van der Waals surface area contributed by atoms with Crippen LogP contribution < -0.4 is 5.32 Å². The van der Waals surface area contributed by atoms with Gasteiger partial charge in [0.25, 0.3) is 0 Å². The molecule has 0 bridgehead atoms. The van der Waals surface area contributed by atoms with Gasteiger partial charge < -0.3 is 10.2 Å². The Morgan fingerprint density at radius 1 is 1.28 bits per heavy atom. The third kappa shape index (κ3) is 2.72. The van der Waals surface area contributed by atoms with Crippen molar-refractivity contribution in [2.24, 2.45) is 0 Å². The van der Waals surface area contributed by atoms with Crippen LogP contribution in [0.15, 0.2) is 30.3 Å². The lowest BCUT2D eigenvalue weighted by Crippen LogP contribution is -2.47. The number of piperidine rings is 1. The van der Waals surface area contributed by atoms with E-state index in [9.17, 15) is 4.79 Å². The van der Waals surface area contributed by atoms with Crippen molar-refractivity contribution in [3.63, 3.8) is 0 Å². The van der Waals surface area contributed by atoms with E-state index < -0.39 is 0 Å². The Balaban J connectivity index is 2.26. The zero-order valence-corrected chi connectivity index (χ0v) is 11.3. The summed E-state index contributed by atoms with van der Waals surface area (Å²) >= 11 is 0. The summed E-state index contributed by atoms with van der Waals surface area (Å²) in [4.78, 5) is 13.3. The van der Waals surface area contributed by atoms with E-state index in [2.05, 4.69) is 29.6 Å². The summed E-state index contributed by atoms with van der Waals surface area (Å²) in [5.41, 5.74) is 1.48. The molecule has 1 saturated heterocycles. The van der Waals surface area contributed by atoms with E-state index in [0.717, 1.165) is 32.5 Å². The normalized spacial score (nSPS) is 18.3. The molecule has 0 aromatic heterocycles. The zero-order valence-electron chi connectivity index (χ0n) is 11.3. The van der Waals surface area contributed by atoms with Crippen LogP contribution in [0, 0.1) is 0 Å². The molecule has 1 aliphatic rings. The van der Waals surface area contributed by atoms with Gasteiger partial charge in [-0.3, -0.25) is 4.79 Å². The van der Waals surface area contributed by atoms with Crippen molar-refractivity contribution in [2.75, 3.05) is 26.7 Å². The van der Waals surface area contributed by atoms with Crippen LogP contribution in [-0.2, 0) is 10.2 Å². The molecule has 1 fully saturated rings. The highest BCUT2D eigenvalue weighted by atomic mass is 16.2. The van der Waals surface area contributed by atoms with Gasteiger partial charge in [0.1, 0.15) is 0 Å². The minimum Gasteiger partial charge on any atom is -0.345 e. The topological polar surface area (TPSA) is 32.3 Å². The zero-order chi connectivity index (χ0) is 13.0. The number of amides is 1. The third-order valence-corrected chi connectivity index (χ3v) is 4.02. The summed E-state index contributed by atoms with van der Waals surface area (Å²) in [6.07, 6.45) is 2.18. The third-order valence-electron chi connectivity index (χ3n) is 4.02. The van der Waals surface area contributed by atoms with Crippen LogP contribution in [0.4, 0.5) is 0 Å². The number of rotatable bonds is 3. The fraction of sp³-hybridized carbons (Fsp3) is 0.533. The number of benzene rings is 1. The fourth-order valence-electron chi connectivity index (χ4n) is 2.80. The Morgan fingerprint density at radius 2 is 1.89 bits per heavy atom. The molecule has 1 aromatic carbocycles. The number of hydrogen-bond acceptors (Lipinski definition) is 2. The minimum absolute atomic E-state index is 0.118. The Labute approximate surface area is 109 Å². The van der Waals surface area contributed by atoms with Crippen LogP contribution in [0.5, 0.6) is 0 Å². The lowest BCUT2D eigenvalue weighted by Gasteiger charge is -2.40. The maximum absolute atomic E-state index is 11.5. The smallest absolute Gasteiger partial charge is 0.219 e. The molecule has 0 aliphatic carbocycles. The van der Waals surface area contributed by atoms with Crippen molar-refractivity contribution in [1.82, 2.24) is 10.2 Å². The molecule has 0 radical (unpaired) electrons. The first-order chi connectivity index (χ1) is 8.64. The molecule has 1 amide bonds. The van der Waals surface area contributed by atoms with Crippen molar-refractivity contribution in [2.45, 2.75) is 25.2 Å². The Kier molecular flexibility index (Phi) is 4.02. The van der Waals surface area contributed by atoms with Gasteiger partial charge in [-0.1, -0.05) is 30.3 Å². The maximum Gasteiger partial charge on any atom is 0.219 e. The summed E-state index contributed by atoms with van der Waals surface area (Å²) in [6.45, 7) is 4.51. The van der Waals surface area contributed by atoms with Crippen LogP contribution in [0.2, 0.25) is 0 Å². The van der Waals surface area contributed by atoms with Gasteiger partial charge in [0, 0.05) is 25.9 Å². The Hall–Kier alpha value is -1.35. The van der Waals surface area contributed by atoms with Crippen molar-refractivity contribution in [3.05, 3.63) is 35.9 Å². The molecular weight excluding hydrogens is 224 g/mol. The van der Waals surface area contributed by atoms with Gasteiger partial charge in [-0.15, -0.1) is 0 Å². The molecule has 18 heavy (non-hydrogen) atoms. The number of carbonyl (C=O) groups excluding carboxylic acids is 1. The highest BCUT2D eigenvalue weighted by Gasteiger charge is 2.35. The molecule has 0 unspecified atom stereocenters. The molecule has 1 aliphatic heterocycles. The van der Waals surface area contributed by atoms with Gasteiger partial charge in [0.2, 0.25) is 5.91 Å². The Bertz CT molecular complexity index is 396. The first-order valence-corrected chi connectivity index (χ1v) is 6.62. The first-order valence-electron chi connectivity index (χ1n) is 6.62. The van der Waals surface area contributed by atoms with Gasteiger partial charge in [-0.2, -0.15) is 0 Å². The van der Waals surface area contributed by atoms with Gasteiger partial charge in [-0.25, -0.2) is 0 Å². The van der Waals surface area contributed by atoms with Gasteiger partial charge in [0.15, 0.2) is 0 Å². The monoisotopic (exact) mass is 246 g/mol. The highest BCUT2D eigenvalue weighted by molar-refractivity contribution is 5.73. The Morgan fingerprint density at radius 3 is 2.44 bits per heavy atom. The minimum atomic E-state index is 0.118. The average molecular weight is 246 g/mol. The number of nitrogens with one attached hydrogen (secondary N) is 1. The predicted octanol–water partition coefficient (Wildman–Crippen LogP) is 1.79. The maximum atomic E-state index is 11.5. The second-order valence-corrected chi connectivity index (χ2v) is 5.27. The quantitative estimate of drug-likeness (QED) is 0.882. The summed E-state index contributed by atoms with van der Waals surface area (Å²) in [5.74, 6) is 0.142. The summed E-state index contributed by atoms with van der Waals surface area (Å²) in [6, 6.07) is 10.6. The van der Waals surface area contributed by atoms with Crippen LogP contribution in [0.1, 0.15) is 25.3 Å². The highest BCUT2D eigenvalue weighted by Crippen LogP contribution is 2.34. The number of likely N-dealkylation sites (N-methyl/N-ethyl adjacent to an activating group) is 1. The lowest BCUT2D eigenvalue weighted by atomic mass is 9.73. The molecule has 3 nitrogen and oxygen atoms in total. The fourth-order valence-corrected chi connectivity index (χ4v) is 2.80. The van der Waals surface area contributed by atoms with Gasteiger partial charge in [-0.05, 0) is 31.5 Å². The van der Waals surface area contributed by atoms with E-state index in [-0.39, 0.29) is 11.3 Å². The van der Waals surface area contributed by atoms with E-state index in [1.807, 2.05) is 18.0 Å². The molecule has 2 rings (SSSR count). The van der Waals surface area contributed by atoms with Crippen LogP contribution in [-0.4, -0.2) is 37.5 Å². The van der Waals surface area contributed by atoms with Gasteiger partial charge in [0.05, 0.1) is 0 Å². The van der Waals surface area contributed by atoms with Crippen LogP contribution >= 0.6 is 0 Å². The van der Waals surface area contributed by atoms with Gasteiger partial charge >= 0.3 is 0 Å².